The van der Waals surface area contributed by atoms with Crippen molar-refractivity contribution < 1.29 is 14.3 Å². The van der Waals surface area contributed by atoms with Crippen LogP contribution in [0.15, 0.2) is 42.6 Å². The van der Waals surface area contributed by atoms with Crippen molar-refractivity contribution in [3.8, 4) is 5.75 Å². The van der Waals surface area contributed by atoms with Crippen LogP contribution in [-0.4, -0.2) is 56.4 Å². The van der Waals surface area contributed by atoms with Crippen molar-refractivity contribution in [2.75, 3.05) is 45.4 Å². The maximum absolute atomic E-state index is 12.5. The van der Waals surface area contributed by atoms with Crippen molar-refractivity contribution in [3.05, 3.63) is 53.7 Å². The fraction of sp³-hybridized carbons (Fsp3) is 0.400. The largest absolute Gasteiger partial charge is 0.497 e. The molecule has 3 rings (SSSR count). The summed E-state index contributed by atoms with van der Waals surface area (Å²) >= 11 is 0. The minimum Gasteiger partial charge on any atom is -0.497 e. The van der Waals surface area contributed by atoms with Crippen LogP contribution in [0.25, 0.3) is 0 Å². The molecular weight excluding hydrogens is 344 g/mol. The van der Waals surface area contributed by atoms with Crippen molar-refractivity contribution in [1.29, 1.82) is 0 Å². The second-order valence-electron chi connectivity index (χ2n) is 6.45. The van der Waals surface area contributed by atoms with Crippen LogP contribution >= 0.6 is 0 Å². The highest BCUT2D eigenvalue weighted by Crippen LogP contribution is 2.18. The van der Waals surface area contributed by atoms with E-state index in [1.807, 2.05) is 36.4 Å². The van der Waals surface area contributed by atoms with Crippen LogP contribution in [0.1, 0.15) is 11.1 Å². The van der Waals surface area contributed by atoms with Gasteiger partial charge in [-0.1, -0.05) is 18.2 Å². The van der Waals surface area contributed by atoms with Gasteiger partial charge < -0.3 is 24.6 Å². The van der Waals surface area contributed by atoms with Gasteiger partial charge in [0.25, 0.3) is 0 Å². The number of urea groups is 1. The first-order chi connectivity index (χ1) is 13.2. The Morgan fingerprint density at radius 1 is 1.26 bits per heavy atom. The molecule has 7 nitrogen and oxygen atoms in total. The number of hydrogen-bond acceptors (Lipinski definition) is 5. The smallest absolute Gasteiger partial charge is 0.317 e. The minimum absolute atomic E-state index is 0.123. The Kier molecular flexibility index (Phi) is 6.49. The number of ether oxygens (including phenoxy) is 2. The van der Waals surface area contributed by atoms with E-state index in [2.05, 4.69) is 15.2 Å². The quantitative estimate of drug-likeness (QED) is 0.845. The fourth-order valence-corrected chi connectivity index (χ4v) is 3.01. The number of rotatable bonds is 6. The molecule has 1 aliphatic rings. The van der Waals surface area contributed by atoms with Gasteiger partial charge in [-0.3, -0.25) is 0 Å². The maximum atomic E-state index is 12.5. The third-order valence-corrected chi connectivity index (χ3v) is 4.53. The number of amides is 2. The Balaban J connectivity index is 1.56. The Hall–Kier alpha value is -2.80. The first-order valence-electron chi connectivity index (χ1n) is 9.06. The van der Waals surface area contributed by atoms with Gasteiger partial charge in [-0.2, -0.15) is 0 Å². The lowest BCUT2D eigenvalue weighted by Crippen LogP contribution is -2.39. The molecular formula is C20H26N4O3. The number of nitrogens with one attached hydrogen (secondary N) is 1. The molecule has 7 heteroatoms. The van der Waals surface area contributed by atoms with E-state index in [-0.39, 0.29) is 6.03 Å². The van der Waals surface area contributed by atoms with Gasteiger partial charge in [0.05, 0.1) is 20.3 Å². The molecule has 1 N–H and O–H groups in total. The number of nitrogens with zero attached hydrogens (tertiary/aromatic N) is 3. The maximum Gasteiger partial charge on any atom is 0.317 e. The van der Waals surface area contributed by atoms with E-state index >= 15 is 0 Å². The number of hydrogen-bond donors (Lipinski definition) is 1. The van der Waals surface area contributed by atoms with Crippen LogP contribution in [0.4, 0.5) is 10.6 Å². The highest BCUT2D eigenvalue weighted by Gasteiger charge is 2.17. The van der Waals surface area contributed by atoms with Crippen LogP contribution < -0.4 is 15.0 Å². The van der Waals surface area contributed by atoms with Gasteiger partial charge in [-0.05, 0) is 23.8 Å². The number of benzene rings is 1. The van der Waals surface area contributed by atoms with Crippen LogP contribution in [0.5, 0.6) is 5.75 Å². The van der Waals surface area contributed by atoms with Gasteiger partial charge in [-0.15, -0.1) is 0 Å². The third-order valence-electron chi connectivity index (χ3n) is 4.53. The summed E-state index contributed by atoms with van der Waals surface area (Å²) in [4.78, 5) is 20.8. The summed E-state index contributed by atoms with van der Waals surface area (Å²) in [7, 11) is 3.42. The lowest BCUT2D eigenvalue weighted by molar-refractivity contribution is 0.122. The van der Waals surface area contributed by atoms with Crippen LogP contribution in [0.3, 0.4) is 0 Å². The lowest BCUT2D eigenvalue weighted by atomic mass is 10.2. The zero-order chi connectivity index (χ0) is 19.1. The molecule has 2 amide bonds. The van der Waals surface area contributed by atoms with Gasteiger partial charge in [0, 0.05) is 45.0 Å². The molecule has 2 aromatic rings. The molecule has 2 heterocycles. The Morgan fingerprint density at radius 2 is 2.00 bits per heavy atom. The summed E-state index contributed by atoms with van der Waals surface area (Å²) in [6, 6.07) is 11.5. The van der Waals surface area contributed by atoms with Gasteiger partial charge in [0.2, 0.25) is 0 Å². The molecule has 1 saturated heterocycles. The summed E-state index contributed by atoms with van der Waals surface area (Å²) < 4.78 is 10.6. The molecule has 144 valence electrons. The van der Waals surface area contributed by atoms with Crippen molar-refractivity contribution in [3.63, 3.8) is 0 Å². The molecule has 27 heavy (non-hydrogen) atoms. The summed E-state index contributed by atoms with van der Waals surface area (Å²) in [5.41, 5.74) is 2.05. The van der Waals surface area contributed by atoms with Gasteiger partial charge in [-0.25, -0.2) is 9.78 Å². The van der Waals surface area contributed by atoms with E-state index in [9.17, 15) is 4.79 Å². The highest BCUT2D eigenvalue weighted by molar-refractivity contribution is 5.74. The number of methoxy groups -OCH3 is 1. The first-order valence-corrected chi connectivity index (χ1v) is 9.06. The molecule has 0 unspecified atom stereocenters. The fourth-order valence-electron chi connectivity index (χ4n) is 3.01. The second-order valence-corrected chi connectivity index (χ2v) is 6.45. The average molecular weight is 370 g/mol. The Labute approximate surface area is 159 Å². The Bertz CT molecular complexity index is 745. The predicted octanol–water partition coefficient (Wildman–Crippen LogP) is 2.27. The normalized spacial score (nSPS) is 13.9. The number of anilines is 1. The van der Waals surface area contributed by atoms with Crippen molar-refractivity contribution >= 4 is 11.8 Å². The monoisotopic (exact) mass is 370 g/mol. The van der Waals surface area contributed by atoms with E-state index in [1.54, 1.807) is 25.3 Å². The van der Waals surface area contributed by atoms with E-state index in [0.717, 1.165) is 35.8 Å². The summed E-state index contributed by atoms with van der Waals surface area (Å²) in [6.45, 7) is 4.00. The van der Waals surface area contributed by atoms with Gasteiger partial charge >= 0.3 is 6.03 Å². The van der Waals surface area contributed by atoms with Crippen molar-refractivity contribution in [2.24, 2.45) is 0 Å². The topological polar surface area (TPSA) is 66.9 Å². The Morgan fingerprint density at radius 3 is 2.70 bits per heavy atom. The first kappa shape index (κ1) is 19.0. The van der Waals surface area contributed by atoms with E-state index in [1.165, 1.54) is 0 Å². The number of carbonyl (C=O) groups excluding carboxylic acids is 1. The minimum atomic E-state index is -0.123. The van der Waals surface area contributed by atoms with Gasteiger partial charge in [0.15, 0.2) is 0 Å². The van der Waals surface area contributed by atoms with Crippen molar-refractivity contribution in [2.45, 2.75) is 13.1 Å². The summed E-state index contributed by atoms with van der Waals surface area (Å²) in [5, 5.41) is 2.99. The van der Waals surface area contributed by atoms with Crippen molar-refractivity contribution in [1.82, 2.24) is 15.2 Å². The summed E-state index contributed by atoms with van der Waals surface area (Å²) in [5.74, 6) is 1.72. The van der Waals surface area contributed by atoms with E-state index in [0.29, 0.717) is 26.3 Å². The van der Waals surface area contributed by atoms with Crippen LogP contribution in [0.2, 0.25) is 0 Å². The average Bonchev–Trinajstić information content (AvgIpc) is 2.73. The number of carbonyl (C=O) groups is 1. The molecule has 0 atom stereocenters. The zero-order valence-corrected chi connectivity index (χ0v) is 15.9. The molecule has 1 aromatic carbocycles. The lowest BCUT2D eigenvalue weighted by Gasteiger charge is -2.29. The molecule has 0 spiro atoms. The van der Waals surface area contributed by atoms with Crippen LogP contribution in [0, 0.1) is 0 Å². The molecule has 0 aliphatic carbocycles. The molecule has 0 radical (unpaired) electrons. The number of morpholine rings is 1. The predicted molar refractivity (Wildman–Crippen MR) is 104 cm³/mol. The molecule has 1 aliphatic heterocycles. The summed E-state index contributed by atoms with van der Waals surface area (Å²) in [6.07, 6.45) is 1.78. The molecule has 0 bridgehead atoms. The second kappa shape index (κ2) is 9.23. The SMILES string of the molecule is COc1ccc(CN(C)C(=O)NCc2cccnc2N2CCOCC2)cc1. The molecule has 0 saturated carbocycles. The zero-order valence-electron chi connectivity index (χ0n) is 15.9. The standard InChI is InChI=1S/C20H26N4O3/c1-23(15-16-5-7-18(26-2)8-6-16)20(25)22-14-17-4-3-9-21-19(17)24-10-12-27-13-11-24/h3-9H,10-15H2,1-2H3,(H,22,25). The third kappa shape index (κ3) is 5.10. The van der Waals surface area contributed by atoms with Crippen LogP contribution in [-0.2, 0) is 17.8 Å². The molecule has 1 fully saturated rings. The highest BCUT2D eigenvalue weighted by atomic mass is 16.5. The van der Waals surface area contributed by atoms with E-state index in [4.69, 9.17) is 9.47 Å². The van der Waals surface area contributed by atoms with E-state index < -0.39 is 0 Å². The number of pyridine rings is 1. The van der Waals surface area contributed by atoms with Gasteiger partial charge in [0.1, 0.15) is 11.6 Å². The molecule has 1 aromatic heterocycles. The number of aromatic nitrogens is 1.